The molecular formula is C21H16ClN3O2. The Morgan fingerprint density at radius 2 is 2.00 bits per heavy atom. The standard InChI is InChI=1S/C21H16ClN3O2/c22-14-7-8-20-16(10-14)18-11-17(15-5-1-2-6-19(15)26)24-25(18)21(27-20)13-4-3-9-23-12-13/h1-10,12,18,21,26H,11H2. The van der Waals surface area contributed by atoms with Gasteiger partial charge in [0.1, 0.15) is 11.5 Å². The molecule has 0 radical (unpaired) electrons. The molecule has 2 atom stereocenters. The van der Waals surface area contributed by atoms with E-state index in [1.165, 1.54) is 0 Å². The number of benzene rings is 2. The van der Waals surface area contributed by atoms with E-state index >= 15 is 0 Å². The number of aromatic nitrogens is 1. The lowest BCUT2D eigenvalue weighted by molar-refractivity contribution is -0.0192. The van der Waals surface area contributed by atoms with Gasteiger partial charge in [0.25, 0.3) is 0 Å². The molecular weight excluding hydrogens is 362 g/mol. The quantitative estimate of drug-likeness (QED) is 0.704. The molecule has 0 saturated heterocycles. The molecule has 6 heteroatoms. The van der Waals surface area contributed by atoms with Crippen molar-refractivity contribution in [2.24, 2.45) is 5.10 Å². The van der Waals surface area contributed by atoms with Crippen LogP contribution < -0.4 is 4.74 Å². The highest BCUT2D eigenvalue weighted by atomic mass is 35.5. The Morgan fingerprint density at radius 3 is 2.81 bits per heavy atom. The van der Waals surface area contributed by atoms with Crippen molar-refractivity contribution in [3.63, 3.8) is 0 Å². The van der Waals surface area contributed by atoms with Crippen molar-refractivity contribution in [1.29, 1.82) is 0 Å². The zero-order valence-corrected chi connectivity index (χ0v) is 15.0. The van der Waals surface area contributed by atoms with E-state index in [1.807, 2.05) is 47.5 Å². The Morgan fingerprint density at radius 1 is 1.11 bits per heavy atom. The minimum absolute atomic E-state index is 0.0211. The molecule has 2 unspecified atom stereocenters. The van der Waals surface area contributed by atoms with Gasteiger partial charge >= 0.3 is 0 Å². The first-order valence-electron chi connectivity index (χ1n) is 8.71. The van der Waals surface area contributed by atoms with E-state index < -0.39 is 0 Å². The van der Waals surface area contributed by atoms with E-state index in [9.17, 15) is 5.11 Å². The average molecular weight is 378 g/mol. The number of rotatable bonds is 2. The van der Waals surface area contributed by atoms with Gasteiger partial charge in [-0.2, -0.15) is 5.10 Å². The maximum atomic E-state index is 10.3. The largest absolute Gasteiger partial charge is 0.507 e. The molecule has 0 spiro atoms. The number of hydrazone groups is 1. The van der Waals surface area contributed by atoms with Crippen LogP contribution >= 0.6 is 11.6 Å². The summed E-state index contributed by atoms with van der Waals surface area (Å²) in [7, 11) is 0. The predicted octanol–water partition coefficient (Wildman–Crippen LogP) is 4.68. The van der Waals surface area contributed by atoms with Gasteiger partial charge in [-0.3, -0.25) is 4.98 Å². The van der Waals surface area contributed by atoms with E-state index in [-0.39, 0.29) is 18.0 Å². The average Bonchev–Trinajstić information content (AvgIpc) is 3.14. The summed E-state index contributed by atoms with van der Waals surface area (Å²) in [6.07, 6.45) is 3.79. The molecule has 5 rings (SSSR count). The van der Waals surface area contributed by atoms with Gasteiger partial charge in [-0.05, 0) is 36.4 Å². The highest BCUT2D eigenvalue weighted by Crippen LogP contribution is 2.48. The predicted molar refractivity (Wildman–Crippen MR) is 103 cm³/mol. The molecule has 1 aromatic heterocycles. The number of nitrogens with zero attached hydrogens (tertiary/aromatic N) is 3. The molecule has 0 amide bonds. The normalized spacial score (nSPS) is 20.5. The second-order valence-corrected chi connectivity index (χ2v) is 7.04. The lowest BCUT2D eigenvalue weighted by Crippen LogP contribution is -2.33. The third kappa shape index (κ3) is 2.71. The molecule has 2 aliphatic rings. The summed E-state index contributed by atoms with van der Waals surface area (Å²) in [5, 5.41) is 17.7. The third-order valence-electron chi connectivity index (χ3n) is 4.94. The second kappa shape index (κ2) is 6.28. The number of para-hydroxylation sites is 1. The zero-order chi connectivity index (χ0) is 18.4. The zero-order valence-electron chi connectivity index (χ0n) is 14.3. The Balaban J connectivity index is 1.63. The number of fused-ring (bicyclic) bond motifs is 3. The van der Waals surface area contributed by atoms with Crippen molar-refractivity contribution < 1.29 is 9.84 Å². The number of hydrogen-bond donors (Lipinski definition) is 1. The fourth-order valence-corrected chi connectivity index (χ4v) is 3.86. The van der Waals surface area contributed by atoms with Crippen molar-refractivity contribution in [2.45, 2.75) is 18.7 Å². The first kappa shape index (κ1) is 16.1. The van der Waals surface area contributed by atoms with Gasteiger partial charge in [-0.15, -0.1) is 0 Å². The van der Waals surface area contributed by atoms with Crippen LogP contribution in [0.15, 0.2) is 72.1 Å². The number of hydrogen-bond acceptors (Lipinski definition) is 5. The van der Waals surface area contributed by atoms with Gasteiger partial charge in [0.15, 0.2) is 0 Å². The number of pyridine rings is 1. The summed E-state index contributed by atoms with van der Waals surface area (Å²) < 4.78 is 6.26. The van der Waals surface area contributed by atoms with Gasteiger partial charge in [-0.25, -0.2) is 5.01 Å². The third-order valence-corrected chi connectivity index (χ3v) is 5.17. The minimum atomic E-state index is -0.388. The fraction of sp³-hybridized carbons (Fsp3) is 0.143. The summed E-state index contributed by atoms with van der Waals surface area (Å²) >= 11 is 6.24. The number of aromatic hydroxyl groups is 1. The molecule has 134 valence electrons. The summed E-state index contributed by atoms with van der Waals surface area (Å²) in [5.74, 6) is 1.02. The molecule has 0 fully saturated rings. The monoisotopic (exact) mass is 377 g/mol. The van der Waals surface area contributed by atoms with E-state index in [1.54, 1.807) is 24.5 Å². The Hall–Kier alpha value is -3.05. The van der Waals surface area contributed by atoms with Crippen LogP contribution in [0.25, 0.3) is 0 Å². The number of halogens is 1. The summed E-state index contributed by atoms with van der Waals surface area (Å²) in [6, 6.07) is 16.8. The smallest absolute Gasteiger partial charge is 0.215 e. The van der Waals surface area contributed by atoms with Crippen LogP contribution in [0.4, 0.5) is 0 Å². The van der Waals surface area contributed by atoms with Crippen molar-refractivity contribution in [2.75, 3.05) is 0 Å². The van der Waals surface area contributed by atoms with E-state index in [0.717, 1.165) is 28.2 Å². The molecule has 2 aromatic carbocycles. The van der Waals surface area contributed by atoms with Crippen LogP contribution in [0.3, 0.4) is 0 Å². The van der Waals surface area contributed by atoms with Crippen molar-refractivity contribution in [3.05, 3.63) is 88.7 Å². The maximum absolute atomic E-state index is 10.3. The Bertz CT molecular complexity index is 1040. The molecule has 0 bridgehead atoms. The van der Waals surface area contributed by atoms with E-state index in [2.05, 4.69) is 4.98 Å². The van der Waals surface area contributed by atoms with Crippen molar-refractivity contribution >= 4 is 17.3 Å². The van der Waals surface area contributed by atoms with Crippen LogP contribution in [0, 0.1) is 0 Å². The second-order valence-electron chi connectivity index (χ2n) is 6.60. The minimum Gasteiger partial charge on any atom is -0.507 e. The van der Waals surface area contributed by atoms with E-state index in [0.29, 0.717) is 11.4 Å². The van der Waals surface area contributed by atoms with Gasteiger partial charge in [0.2, 0.25) is 6.23 Å². The SMILES string of the molecule is Oc1ccccc1C1=NN2C(C1)c1cc(Cl)ccc1OC2c1cccnc1. The molecule has 0 aliphatic carbocycles. The van der Waals surface area contributed by atoms with Crippen LogP contribution in [-0.4, -0.2) is 20.8 Å². The van der Waals surface area contributed by atoms with Gasteiger partial charge < -0.3 is 9.84 Å². The molecule has 27 heavy (non-hydrogen) atoms. The Kier molecular flexibility index (Phi) is 3.76. The Labute approximate surface area is 161 Å². The molecule has 2 aliphatic heterocycles. The van der Waals surface area contributed by atoms with Crippen LogP contribution in [0.1, 0.15) is 35.4 Å². The van der Waals surface area contributed by atoms with Crippen molar-refractivity contribution in [3.8, 4) is 11.5 Å². The lowest BCUT2D eigenvalue weighted by atomic mass is 9.95. The van der Waals surface area contributed by atoms with Crippen molar-refractivity contribution in [1.82, 2.24) is 9.99 Å². The summed E-state index contributed by atoms with van der Waals surface area (Å²) in [6.45, 7) is 0. The molecule has 5 nitrogen and oxygen atoms in total. The number of phenolic OH excluding ortho intramolecular Hbond substituents is 1. The van der Waals surface area contributed by atoms with Gasteiger partial charge in [0, 0.05) is 40.5 Å². The van der Waals surface area contributed by atoms with Gasteiger partial charge in [0.05, 0.1) is 11.8 Å². The number of phenols is 1. The van der Waals surface area contributed by atoms with E-state index in [4.69, 9.17) is 21.4 Å². The maximum Gasteiger partial charge on any atom is 0.215 e. The summed E-state index contributed by atoms with van der Waals surface area (Å²) in [4.78, 5) is 4.22. The van der Waals surface area contributed by atoms with Crippen LogP contribution in [0.5, 0.6) is 11.5 Å². The molecule has 1 N–H and O–H groups in total. The fourth-order valence-electron chi connectivity index (χ4n) is 3.68. The highest BCUT2D eigenvalue weighted by molar-refractivity contribution is 6.30. The molecule has 0 saturated carbocycles. The first-order chi connectivity index (χ1) is 13.2. The lowest BCUT2D eigenvalue weighted by Gasteiger charge is -2.38. The topological polar surface area (TPSA) is 58.0 Å². The summed E-state index contributed by atoms with van der Waals surface area (Å²) in [5.41, 5.74) is 3.48. The number of ether oxygens (including phenoxy) is 1. The molecule has 3 heterocycles. The van der Waals surface area contributed by atoms with Crippen LogP contribution in [0.2, 0.25) is 5.02 Å². The molecule has 3 aromatic rings. The highest BCUT2D eigenvalue weighted by Gasteiger charge is 2.41. The van der Waals surface area contributed by atoms with Crippen LogP contribution in [-0.2, 0) is 0 Å². The van der Waals surface area contributed by atoms with Gasteiger partial charge in [-0.1, -0.05) is 29.8 Å². The first-order valence-corrected chi connectivity index (χ1v) is 9.09.